The Morgan fingerprint density at radius 2 is 0.519 bits per heavy atom. The summed E-state index contributed by atoms with van der Waals surface area (Å²) < 4.78 is 5.51. The standard InChI is InChI=1S/C73H145NO5/c1-3-5-7-9-11-13-15-17-19-34-39-43-47-51-55-59-63-67-73(78)79-68-64-60-56-52-48-44-40-36-33-31-29-27-25-23-21-20-22-24-26-28-30-32-35-38-42-46-50-54-58-62-66-72(77)74-70(69-75)71(76)65-61-57-53-49-45-41-37-18-16-14-12-10-8-6-4-2/h70-71,75-76H,3-69H2,1-2H3,(H,74,77). The van der Waals surface area contributed by atoms with E-state index in [4.69, 9.17) is 4.74 Å². The van der Waals surface area contributed by atoms with Gasteiger partial charge in [0.25, 0.3) is 0 Å². The summed E-state index contributed by atoms with van der Waals surface area (Å²) in [6.07, 6.45) is 84.6. The Kier molecular flexibility index (Phi) is 68.4. The number of nitrogens with one attached hydrogen (secondary N) is 1. The summed E-state index contributed by atoms with van der Waals surface area (Å²) in [5.74, 6) is -0.00170. The van der Waals surface area contributed by atoms with Crippen LogP contribution in [0.4, 0.5) is 0 Å². The van der Waals surface area contributed by atoms with E-state index in [0.717, 1.165) is 38.5 Å². The van der Waals surface area contributed by atoms with Gasteiger partial charge in [-0.3, -0.25) is 9.59 Å². The Morgan fingerprint density at radius 3 is 0.772 bits per heavy atom. The highest BCUT2D eigenvalue weighted by Gasteiger charge is 2.20. The maximum Gasteiger partial charge on any atom is 0.305 e. The van der Waals surface area contributed by atoms with Crippen molar-refractivity contribution in [3.05, 3.63) is 0 Å². The first-order chi connectivity index (χ1) is 39.0. The molecule has 6 nitrogen and oxygen atoms in total. The number of esters is 1. The molecule has 472 valence electrons. The number of carbonyl (C=O) groups is 2. The van der Waals surface area contributed by atoms with Crippen molar-refractivity contribution in [3.63, 3.8) is 0 Å². The highest BCUT2D eigenvalue weighted by molar-refractivity contribution is 5.76. The van der Waals surface area contributed by atoms with Crippen LogP contribution in [-0.4, -0.2) is 47.4 Å². The van der Waals surface area contributed by atoms with Crippen molar-refractivity contribution in [2.24, 2.45) is 0 Å². The highest BCUT2D eigenvalue weighted by Crippen LogP contribution is 2.20. The van der Waals surface area contributed by atoms with Gasteiger partial charge < -0.3 is 20.3 Å². The molecule has 0 aromatic rings. The molecule has 0 aliphatic carbocycles. The zero-order chi connectivity index (χ0) is 57.1. The molecule has 2 atom stereocenters. The molecule has 0 aromatic carbocycles. The number of rotatable bonds is 70. The minimum atomic E-state index is -0.660. The maximum atomic E-state index is 12.5. The molecule has 0 fully saturated rings. The van der Waals surface area contributed by atoms with E-state index in [2.05, 4.69) is 19.2 Å². The minimum Gasteiger partial charge on any atom is -0.466 e. The van der Waals surface area contributed by atoms with Crippen LogP contribution in [-0.2, 0) is 14.3 Å². The Bertz CT molecular complexity index is 1150. The van der Waals surface area contributed by atoms with Crippen molar-refractivity contribution in [1.29, 1.82) is 0 Å². The van der Waals surface area contributed by atoms with Crippen LogP contribution in [0.5, 0.6) is 0 Å². The number of hydrogen-bond acceptors (Lipinski definition) is 5. The number of amides is 1. The first-order valence-corrected chi connectivity index (χ1v) is 36.8. The van der Waals surface area contributed by atoms with Crippen LogP contribution < -0.4 is 5.32 Å². The molecule has 1 amide bonds. The van der Waals surface area contributed by atoms with Gasteiger partial charge in [-0.05, 0) is 25.7 Å². The van der Waals surface area contributed by atoms with Crippen molar-refractivity contribution in [3.8, 4) is 0 Å². The van der Waals surface area contributed by atoms with E-state index in [1.54, 1.807) is 0 Å². The van der Waals surface area contributed by atoms with Gasteiger partial charge in [-0.15, -0.1) is 0 Å². The predicted molar refractivity (Wildman–Crippen MR) is 347 cm³/mol. The molecule has 3 N–H and O–H groups in total. The van der Waals surface area contributed by atoms with Crippen LogP contribution in [0.25, 0.3) is 0 Å². The van der Waals surface area contributed by atoms with Crippen LogP contribution in [0, 0.1) is 0 Å². The molecule has 0 saturated heterocycles. The molecule has 0 aromatic heterocycles. The first-order valence-electron chi connectivity index (χ1n) is 36.8. The van der Waals surface area contributed by atoms with Crippen molar-refractivity contribution in [2.75, 3.05) is 13.2 Å². The SMILES string of the molecule is CCCCCCCCCCCCCCCCCCCC(=O)OCCCCCCCCCCCCCCCCCCCCCCCCCCCCCCCCC(=O)NC(CO)C(O)CCCCCCCCCCCCCCCCC. The lowest BCUT2D eigenvalue weighted by Gasteiger charge is -2.22. The van der Waals surface area contributed by atoms with Gasteiger partial charge in [0.15, 0.2) is 0 Å². The monoisotopic (exact) mass is 1120 g/mol. The molecule has 0 heterocycles. The summed E-state index contributed by atoms with van der Waals surface area (Å²) >= 11 is 0. The third kappa shape index (κ3) is 65.9. The number of unbranched alkanes of at least 4 members (excludes halogenated alkanes) is 59. The van der Waals surface area contributed by atoms with E-state index >= 15 is 0 Å². The highest BCUT2D eigenvalue weighted by atomic mass is 16.5. The molecule has 0 radical (unpaired) electrons. The van der Waals surface area contributed by atoms with Gasteiger partial charge in [-0.25, -0.2) is 0 Å². The molecule has 0 spiro atoms. The summed E-state index contributed by atoms with van der Waals surface area (Å²) in [6, 6.07) is -0.537. The molecule has 79 heavy (non-hydrogen) atoms. The number of carbonyl (C=O) groups excluding carboxylic acids is 2. The van der Waals surface area contributed by atoms with Crippen molar-refractivity contribution in [1.82, 2.24) is 5.32 Å². The van der Waals surface area contributed by atoms with E-state index < -0.39 is 12.1 Å². The Morgan fingerprint density at radius 1 is 0.304 bits per heavy atom. The molecule has 0 bridgehead atoms. The van der Waals surface area contributed by atoms with Crippen molar-refractivity contribution in [2.45, 2.75) is 443 Å². The average Bonchev–Trinajstić information content (AvgIpc) is 3.45. The van der Waals surface area contributed by atoms with Gasteiger partial charge in [-0.1, -0.05) is 393 Å². The summed E-state index contributed by atoms with van der Waals surface area (Å²) in [4.78, 5) is 24.6. The smallest absolute Gasteiger partial charge is 0.305 e. The van der Waals surface area contributed by atoms with Crippen LogP contribution in [0.15, 0.2) is 0 Å². The van der Waals surface area contributed by atoms with E-state index in [-0.39, 0.29) is 18.5 Å². The predicted octanol–water partition coefficient (Wildman–Crippen LogP) is 23.8. The van der Waals surface area contributed by atoms with E-state index in [1.807, 2.05) is 0 Å². The molecule has 0 aliphatic heterocycles. The summed E-state index contributed by atoms with van der Waals surface area (Å²) in [5, 5.41) is 23.3. The van der Waals surface area contributed by atoms with Crippen LogP contribution in [0.3, 0.4) is 0 Å². The fourth-order valence-electron chi connectivity index (χ4n) is 12.1. The van der Waals surface area contributed by atoms with Crippen molar-refractivity contribution >= 4 is 11.9 Å². The Balaban J connectivity index is 3.30. The molecule has 2 unspecified atom stereocenters. The lowest BCUT2D eigenvalue weighted by Crippen LogP contribution is -2.45. The molecular formula is C73H145NO5. The quantitative estimate of drug-likeness (QED) is 0.0417. The maximum absolute atomic E-state index is 12.5. The number of aliphatic hydroxyl groups excluding tert-OH is 2. The fraction of sp³-hybridized carbons (Fsp3) is 0.973. The third-order valence-electron chi connectivity index (χ3n) is 17.7. The number of hydrogen-bond donors (Lipinski definition) is 3. The van der Waals surface area contributed by atoms with Gasteiger partial charge in [0.05, 0.1) is 25.4 Å². The lowest BCUT2D eigenvalue weighted by atomic mass is 10.0. The van der Waals surface area contributed by atoms with E-state index in [0.29, 0.717) is 25.9 Å². The topological polar surface area (TPSA) is 95.9 Å². The molecule has 0 saturated carbocycles. The first kappa shape index (κ1) is 77.9. The zero-order valence-electron chi connectivity index (χ0n) is 54.2. The summed E-state index contributed by atoms with van der Waals surface area (Å²) in [5.41, 5.74) is 0. The van der Waals surface area contributed by atoms with Crippen molar-refractivity contribution < 1.29 is 24.5 Å². The van der Waals surface area contributed by atoms with Gasteiger partial charge in [0.2, 0.25) is 5.91 Å². The normalized spacial score (nSPS) is 12.4. The van der Waals surface area contributed by atoms with Gasteiger partial charge >= 0.3 is 5.97 Å². The average molecular weight is 1120 g/mol. The van der Waals surface area contributed by atoms with E-state index in [9.17, 15) is 19.8 Å². The second kappa shape index (κ2) is 69.4. The van der Waals surface area contributed by atoms with Crippen LogP contribution >= 0.6 is 0 Å². The Labute approximate surface area is 496 Å². The summed E-state index contributed by atoms with van der Waals surface area (Å²) in [7, 11) is 0. The fourth-order valence-corrected chi connectivity index (χ4v) is 12.1. The minimum absolute atomic E-state index is 0.0254. The van der Waals surface area contributed by atoms with Gasteiger partial charge in [-0.2, -0.15) is 0 Å². The zero-order valence-corrected chi connectivity index (χ0v) is 54.2. The summed E-state index contributed by atoms with van der Waals surface area (Å²) in [6.45, 7) is 5.01. The number of aliphatic hydroxyl groups is 2. The van der Waals surface area contributed by atoms with Gasteiger partial charge in [0, 0.05) is 12.8 Å². The Hall–Kier alpha value is -1.14. The van der Waals surface area contributed by atoms with Gasteiger partial charge in [0.1, 0.15) is 0 Å². The second-order valence-electron chi connectivity index (χ2n) is 25.6. The number of ether oxygens (including phenoxy) is 1. The lowest BCUT2D eigenvalue weighted by molar-refractivity contribution is -0.143. The van der Waals surface area contributed by atoms with Crippen LogP contribution in [0.2, 0.25) is 0 Å². The molecule has 6 heteroatoms. The van der Waals surface area contributed by atoms with Crippen LogP contribution in [0.1, 0.15) is 431 Å². The largest absolute Gasteiger partial charge is 0.466 e. The molecule has 0 rings (SSSR count). The van der Waals surface area contributed by atoms with E-state index in [1.165, 1.54) is 360 Å². The second-order valence-corrected chi connectivity index (χ2v) is 25.6. The molecule has 0 aliphatic rings. The third-order valence-corrected chi connectivity index (χ3v) is 17.7. The molecular weight excluding hydrogens is 971 g/mol.